The fraction of sp³-hybridized carbons (Fsp3) is 0.259. The van der Waals surface area contributed by atoms with Crippen molar-refractivity contribution in [2.45, 2.75) is 25.4 Å². The SMILES string of the molecule is O=c1cc(-c2ccccc2)oc2cc(OCC(O)CNCCCCc3cccnc3)ccc12. The number of fused-ring (bicyclic) bond motifs is 1. The molecule has 0 aliphatic rings. The zero-order valence-corrected chi connectivity index (χ0v) is 18.4. The molecule has 1 unspecified atom stereocenters. The van der Waals surface area contributed by atoms with Crippen molar-refractivity contribution in [3.63, 3.8) is 0 Å². The molecule has 0 aliphatic carbocycles. The van der Waals surface area contributed by atoms with E-state index >= 15 is 0 Å². The molecule has 6 nitrogen and oxygen atoms in total. The maximum atomic E-state index is 12.5. The largest absolute Gasteiger partial charge is 0.491 e. The van der Waals surface area contributed by atoms with Crippen molar-refractivity contribution >= 4 is 11.0 Å². The van der Waals surface area contributed by atoms with Gasteiger partial charge in [0.1, 0.15) is 29.8 Å². The molecule has 2 aromatic carbocycles. The van der Waals surface area contributed by atoms with Crippen molar-refractivity contribution in [2.75, 3.05) is 19.7 Å². The molecule has 0 radical (unpaired) electrons. The van der Waals surface area contributed by atoms with E-state index in [0.717, 1.165) is 31.4 Å². The van der Waals surface area contributed by atoms with Crippen LogP contribution in [0.4, 0.5) is 0 Å². The Bertz CT molecular complexity index is 1210. The highest BCUT2D eigenvalue weighted by Gasteiger charge is 2.10. The third-order valence-corrected chi connectivity index (χ3v) is 5.37. The Balaban J connectivity index is 1.25. The first-order valence-corrected chi connectivity index (χ1v) is 11.2. The lowest BCUT2D eigenvalue weighted by Crippen LogP contribution is -2.32. The molecule has 0 amide bonds. The maximum Gasteiger partial charge on any atom is 0.193 e. The van der Waals surface area contributed by atoms with Gasteiger partial charge in [-0.05, 0) is 49.6 Å². The molecule has 0 saturated carbocycles. The van der Waals surface area contributed by atoms with E-state index in [-0.39, 0.29) is 12.0 Å². The van der Waals surface area contributed by atoms with E-state index in [9.17, 15) is 9.90 Å². The summed E-state index contributed by atoms with van der Waals surface area (Å²) < 4.78 is 11.7. The molecule has 4 rings (SSSR count). The van der Waals surface area contributed by atoms with Crippen LogP contribution < -0.4 is 15.5 Å². The molecule has 2 N–H and O–H groups in total. The first-order valence-electron chi connectivity index (χ1n) is 11.2. The zero-order valence-electron chi connectivity index (χ0n) is 18.4. The second kappa shape index (κ2) is 11.4. The minimum absolute atomic E-state index is 0.102. The van der Waals surface area contributed by atoms with E-state index < -0.39 is 6.10 Å². The molecule has 2 aromatic heterocycles. The summed E-state index contributed by atoms with van der Waals surface area (Å²) in [6, 6.07) is 20.2. The van der Waals surface area contributed by atoms with E-state index in [1.807, 2.05) is 42.6 Å². The minimum atomic E-state index is -0.637. The number of nitrogens with zero attached hydrogens (tertiary/aromatic N) is 1. The molecule has 0 aliphatic heterocycles. The van der Waals surface area contributed by atoms with Gasteiger partial charge in [0.05, 0.1) is 5.39 Å². The Labute approximate surface area is 192 Å². The summed E-state index contributed by atoms with van der Waals surface area (Å²) in [7, 11) is 0. The fourth-order valence-corrected chi connectivity index (χ4v) is 3.62. The van der Waals surface area contributed by atoms with Crippen LogP contribution in [0.25, 0.3) is 22.3 Å². The maximum absolute atomic E-state index is 12.5. The highest BCUT2D eigenvalue weighted by atomic mass is 16.5. The minimum Gasteiger partial charge on any atom is -0.491 e. The number of aliphatic hydroxyl groups excluding tert-OH is 1. The molecular weight excluding hydrogens is 416 g/mol. The van der Waals surface area contributed by atoms with Crippen LogP contribution in [0.2, 0.25) is 0 Å². The van der Waals surface area contributed by atoms with Crippen LogP contribution in [-0.4, -0.2) is 35.9 Å². The monoisotopic (exact) mass is 444 g/mol. The smallest absolute Gasteiger partial charge is 0.193 e. The van der Waals surface area contributed by atoms with Crippen LogP contribution in [0.15, 0.2) is 88.3 Å². The summed E-state index contributed by atoms with van der Waals surface area (Å²) in [5.41, 5.74) is 2.44. The Morgan fingerprint density at radius 3 is 2.73 bits per heavy atom. The van der Waals surface area contributed by atoms with Crippen molar-refractivity contribution < 1.29 is 14.3 Å². The molecule has 170 valence electrons. The second-order valence-electron chi connectivity index (χ2n) is 7.99. The third-order valence-electron chi connectivity index (χ3n) is 5.37. The summed E-state index contributed by atoms with van der Waals surface area (Å²) in [5, 5.41) is 14.0. The predicted molar refractivity (Wildman–Crippen MR) is 129 cm³/mol. The lowest BCUT2D eigenvalue weighted by molar-refractivity contribution is 0.106. The van der Waals surface area contributed by atoms with Crippen LogP contribution in [0.1, 0.15) is 18.4 Å². The van der Waals surface area contributed by atoms with Crippen LogP contribution >= 0.6 is 0 Å². The first kappa shape index (κ1) is 22.7. The number of benzene rings is 2. The van der Waals surface area contributed by atoms with Gasteiger partial charge in [0.2, 0.25) is 0 Å². The lowest BCUT2D eigenvalue weighted by Gasteiger charge is -2.13. The number of ether oxygens (including phenoxy) is 1. The Morgan fingerprint density at radius 1 is 1.03 bits per heavy atom. The van der Waals surface area contributed by atoms with Crippen molar-refractivity contribution in [1.29, 1.82) is 0 Å². The Morgan fingerprint density at radius 2 is 1.91 bits per heavy atom. The average Bonchev–Trinajstić information content (AvgIpc) is 2.86. The van der Waals surface area contributed by atoms with Gasteiger partial charge < -0.3 is 19.6 Å². The predicted octanol–water partition coefficient (Wildman–Crippen LogP) is 4.21. The zero-order chi connectivity index (χ0) is 22.9. The van der Waals surface area contributed by atoms with Gasteiger partial charge in [0.15, 0.2) is 5.43 Å². The Hall–Kier alpha value is -3.48. The third kappa shape index (κ3) is 6.51. The summed E-state index contributed by atoms with van der Waals surface area (Å²) in [6.45, 7) is 1.44. The number of aliphatic hydroxyl groups is 1. The van der Waals surface area contributed by atoms with Gasteiger partial charge in [-0.15, -0.1) is 0 Å². The number of hydrogen-bond acceptors (Lipinski definition) is 6. The van der Waals surface area contributed by atoms with Gasteiger partial charge in [0.25, 0.3) is 0 Å². The van der Waals surface area contributed by atoms with E-state index in [1.165, 1.54) is 11.6 Å². The van der Waals surface area contributed by atoms with Crippen molar-refractivity contribution in [1.82, 2.24) is 10.3 Å². The summed E-state index contributed by atoms with van der Waals surface area (Å²) >= 11 is 0. The van der Waals surface area contributed by atoms with Crippen molar-refractivity contribution in [3.05, 3.63) is 94.9 Å². The van der Waals surface area contributed by atoms with Crippen LogP contribution in [0.5, 0.6) is 5.75 Å². The van der Waals surface area contributed by atoms with Gasteiger partial charge in [-0.25, -0.2) is 0 Å². The van der Waals surface area contributed by atoms with Crippen LogP contribution in [0, 0.1) is 0 Å². The quantitative estimate of drug-likeness (QED) is 0.337. The molecular formula is C27H28N2O4. The number of nitrogens with one attached hydrogen (secondary N) is 1. The number of aromatic nitrogens is 1. The standard InChI is InChI=1S/C27H28N2O4/c30-22(18-29-13-5-4-7-20-8-6-14-28-17-20)19-32-23-11-12-24-25(31)16-26(33-27(24)15-23)21-9-2-1-3-10-21/h1-3,6,8-12,14-17,22,29-30H,4-5,7,13,18-19H2. The summed E-state index contributed by atoms with van der Waals surface area (Å²) in [4.78, 5) is 16.6. The number of unbranched alkanes of at least 4 members (excludes halogenated alkanes) is 1. The topological polar surface area (TPSA) is 84.6 Å². The van der Waals surface area contributed by atoms with Gasteiger partial charge >= 0.3 is 0 Å². The number of aryl methyl sites for hydroxylation is 1. The van der Waals surface area contributed by atoms with E-state index in [1.54, 1.807) is 24.4 Å². The van der Waals surface area contributed by atoms with Gasteiger partial charge in [-0.1, -0.05) is 36.4 Å². The number of pyridine rings is 1. The normalized spacial score (nSPS) is 12.0. The first-order chi connectivity index (χ1) is 16.2. The Kier molecular flexibility index (Phi) is 7.85. The molecule has 0 bridgehead atoms. The van der Waals surface area contributed by atoms with E-state index in [0.29, 0.717) is 29.0 Å². The number of rotatable bonds is 11. The van der Waals surface area contributed by atoms with Gasteiger partial charge in [0, 0.05) is 36.6 Å². The van der Waals surface area contributed by atoms with Gasteiger partial charge in [-0.3, -0.25) is 9.78 Å². The van der Waals surface area contributed by atoms with Gasteiger partial charge in [-0.2, -0.15) is 0 Å². The van der Waals surface area contributed by atoms with E-state index in [2.05, 4.69) is 16.4 Å². The summed E-state index contributed by atoms with van der Waals surface area (Å²) in [5.74, 6) is 1.06. The average molecular weight is 445 g/mol. The molecule has 0 spiro atoms. The molecule has 6 heteroatoms. The molecule has 33 heavy (non-hydrogen) atoms. The van der Waals surface area contributed by atoms with Crippen LogP contribution in [-0.2, 0) is 6.42 Å². The molecule has 1 atom stereocenters. The highest BCUT2D eigenvalue weighted by molar-refractivity contribution is 5.80. The van der Waals surface area contributed by atoms with E-state index in [4.69, 9.17) is 9.15 Å². The fourth-order valence-electron chi connectivity index (χ4n) is 3.62. The highest BCUT2D eigenvalue weighted by Crippen LogP contribution is 2.24. The van der Waals surface area contributed by atoms with Crippen molar-refractivity contribution in [3.8, 4) is 17.1 Å². The lowest BCUT2D eigenvalue weighted by atomic mass is 10.1. The molecule has 0 saturated heterocycles. The number of hydrogen-bond donors (Lipinski definition) is 2. The molecule has 0 fully saturated rings. The summed E-state index contributed by atoms with van der Waals surface area (Å²) in [6.07, 6.45) is 6.14. The van der Waals surface area contributed by atoms with Crippen LogP contribution in [0.3, 0.4) is 0 Å². The molecule has 4 aromatic rings. The van der Waals surface area contributed by atoms with Crippen molar-refractivity contribution in [2.24, 2.45) is 0 Å². The second-order valence-corrected chi connectivity index (χ2v) is 7.99. The molecule has 2 heterocycles.